The van der Waals surface area contributed by atoms with E-state index in [4.69, 9.17) is 14.2 Å². The van der Waals surface area contributed by atoms with E-state index in [1.165, 1.54) is 0 Å². The van der Waals surface area contributed by atoms with Crippen molar-refractivity contribution in [2.45, 2.75) is 13.0 Å². The second-order valence-electron chi connectivity index (χ2n) is 7.05. The molecule has 30 heavy (non-hydrogen) atoms. The van der Waals surface area contributed by atoms with Gasteiger partial charge in [-0.25, -0.2) is 4.98 Å². The zero-order chi connectivity index (χ0) is 21.1. The third-order valence-electron chi connectivity index (χ3n) is 5.00. The van der Waals surface area contributed by atoms with Gasteiger partial charge in [0.05, 0.1) is 38.7 Å². The number of hydrogen-bond donors (Lipinski definition) is 3. The van der Waals surface area contributed by atoms with Gasteiger partial charge in [-0.3, -0.25) is 9.79 Å². The Morgan fingerprint density at radius 3 is 2.93 bits per heavy atom. The first kappa shape index (κ1) is 20.1. The molecular weight excluding hydrogens is 386 g/mol. The molecule has 9 nitrogen and oxygen atoms in total. The first-order valence-corrected chi connectivity index (χ1v) is 9.77. The monoisotopic (exact) mass is 411 g/mol. The number of amides is 1. The quantitative estimate of drug-likeness (QED) is 0.439. The molecule has 2 aromatic heterocycles. The average Bonchev–Trinajstić information content (AvgIpc) is 3.36. The number of aromatic amines is 2. The molecule has 0 radical (unpaired) electrons. The molecule has 158 valence electrons. The molecule has 3 N–H and O–H groups in total. The van der Waals surface area contributed by atoms with Crippen LogP contribution in [0.4, 0.5) is 0 Å². The molecule has 0 aliphatic carbocycles. The number of fused-ring (bicyclic) bond motifs is 1. The molecule has 1 fully saturated rings. The Balaban J connectivity index is 1.53. The topological polar surface area (TPSA) is 114 Å². The first-order chi connectivity index (χ1) is 14.6. The number of carbonyl (C=O) groups is 1. The van der Waals surface area contributed by atoms with Gasteiger partial charge in [-0.05, 0) is 25.1 Å². The number of carbonyl (C=O) groups excluding carboxylic acids is 1. The largest absolute Gasteiger partial charge is 0.480 e. The lowest BCUT2D eigenvalue weighted by Gasteiger charge is -2.22. The number of imidazole rings is 1. The molecule has 0 saturated carbocycles. The lowest BCUT2D eigenvalue weighted by molar-refractivity contribution is -0.0855. The van der Waals surface area contributed by atoms with E-state index in [0.717, 1.165) is 33.5 Å². The summed E-state index contributed by atoms with van der Waals surface area (Å²) in [5.74, 6) is 0.538. The second kappa shape index (κ2) is 8.68. The van der Waals surface area contributed by atoms with E-state index in [9.17, 15) is 4.79 Å². The Morgan fingerprint density at radius 2 is 2.20 bits per heavy atom. The fourth-order valence-corrected chi connectivity index (χ4v) is 3.51. The van der Waals surface area contributed by atoms with E-state index in [1.54, 1.807) is 14.2 Å². The number of aliphatic imine (C=N–C) groups is 1. The number of nitrogens with one attached hydrogen (secondary N) is 3. The van der Waals surface area contributed by atoms with Gasteiger partial charge in [0.2, 0.25) is 5.90 Å². The smallest absolute Gasteiger partial charge is 0.287 e. The summed E-state index contributed by atoms with van der Waals surface area (Å²) in [4.78, 5) is 27.5. The van der Waals surface area contributed by atoms with Gasteiger partial charge in [0, 0.05) is 35.8 Å². The van der Waals surface area contributed by atoms with Crippen LogP contribution in [0.25, 0.3) is 22.2 Å². The lowest BCUT2D eigenvalue weighted by atomic mass is 10.1. The predicted octanol–water partition coefficient (Wildman–Crippen LogP) is 2.03. The van der Waals surface area contributed by atoms with Crippen LogP contribution in [0.15, 0.2) is 29.3 Å². The minimum atomic E-state index is -0.271. The molecule has 0 spiro atoms. The van der Waals surface area contributed by atoms with Crippen molar-refractivity contribution in [2.24, 2.45) is 4.99 Å². The van der Waals surface area contributed by atoms with Crippen LogP contribution >= 0.6 is 0 Å². The van der Waals surface area contributed by atoms with Gasteiger partial charge >= 0.3 is 0 Å². The first-order valence-electron chi connectivity index (χ1n) is 9.77. The van der Waals surface area contributed by atoms with Gasteiger partial charge in [0.25, 0.3) is 5.91 Å². The maximum atomic E-state index is 12.5. The molecular formula is C21H25N5O4. The van der Waals surface area contributed by atoms with Crippen molar-refractivity contribution in [3.63, 3.8) is 0 Å². The normalized spacial score (nSPS) is 17.3. The summed E-state index contributed by atoms with van der Waals surface area (Å²) in [5.41, 5.74) is 4.24. The molecule has 9 heteroatoms. The number of rotatable bonds is 5. The fourth-order valence-electron chi connectivity index (χ4n) is 3.51. The van der Waals surface area contributed by atoms with E-state index in [0.29, 0.717) is 32.3 Å². The Bertz CT molecular complexity index is 1080. The SMILES string of the molecule is CN=C(OC)c1cc2cc(-c3nc(C(=O)NCC4COCCO4)[nH]c3C)ccc2[nH]1. The molecule has 1 unspecified atom stereocenters. The number of aromatic nitrogens is 3. The van der Waals surface area contributed by atoms with Crippen molar-refractivity contribution in [2.75, 3.05) is 40.5 Å². The Hall–Kier alpha value is -3.17. The summed E-state index contributed by atoms with van der Waals surface area (Å²) in [6, 6.07) is 7.95. The number of methoxy groups -OCH3 is 1. The van der Waals surface area contributed by atoms with Crippen LogP contribution in [0.2, 0.25) is 0 Å². The van der Waals surface area contributed by atoms with E-state index in [1.807, 2.05) is 31.2 Å². The van der Waals surface area contributed by atoms with E-state index >= 15 is 0 Å². The maximum absolute atomic E-state index is 12.5. The van der Waals surface area contributed by atoms with Crippen molar-refractivity contribution in [1.82, 2.24) is 20.3 Å². The predicted molar refractivity (Wildman–Crippen MR) is 113 cm³/mol. The zero-order valence-corrected chi connectivity index (χ0v) is 17.2. The molecule has 1 aromatic carbocycles. The van der Waals surface area contributed by atoms with Crippen LogP contribution in [-0.2, 0) is 14.2 Å². The molecule has 0 bridgehead atoms. The van der Waals surface area contributed by atoms with Crippen LogP contribution in [0, 0.1) is 6.92 Å². The van der Waals surface area contributed by atoms with Crippen molar-refractivity contribution < 1.29 is 19.0 Å². The van der Waals surface area contributed by atoms with E-state index < -0.39 is 0 Å². The van der Waals surface area contributed by atoms with Crippen LogP contribution < -0.4 is 5.32 Å². The van der Waals surface area contributed by atoms with Gasteiger partial charge in [-0.1, -0.05) is 6.07 Å². The Morgan fingerprint density at radius 1 is 1.33 bits per heavy atom. The average molecular weight is 411 g/mol. The van der Waals surface area contributed by atoms with E-state index in [-0.39, 0.29) is 17.8 Å². The van der Waals surface area contributed by atoms with Gasteiger partial charge < -0.3 is 29.5 Å². The van der Waals surface area contributed by atoms with Crippen LogP contribution in [0.1, 0.15) is 22.0 Å². The standard InChI is InChI=1S/C21H25N5O4/c1-12-18(26-19(24-12)20(27)23-10-15-11-29-6-7-30-15)13-4-5-16-14(8-13)9-17(25-16)21(22-2)28-3/h4-5,8-9,15,25H,6-7,10-11H2,1-3H3,(H,23,27)(H,24,26). The zero-order valence-electron chi connectivity index (χ0n) is 17.2. The van der Waals surface area contributed by atoms with Gasteiger partial charge in [0.1, 0.15) is 5.69 Å². The number of H-pyrrole nitrogens is 2. The molecule has 1 saturated heterocycles. The fraction of sp³-hybridized carbons (Fsp3) is 0.381. The summed E-state index contributed by atoms with van der Waals surface area (Å²) < 4.78 is 16.2. The summed E-state index contributed by atoms with van der Waals surface area (Å²) >= 11 is 0. The van der Waals surface area contributed by atoms with Crippen molar-refractivity contribution in [3.8, 4) is 11.3 Å². The highest BCUT2D eigenvalue weighted by molar-refractivity contribution is 5.99. The molecule has 4 rings (SSSR count). The number of aryl methyl sites for hydroxylation is 1. The van der Waals surface area contributed by atoms with Gasteiger partial charge in [0.15, 0.2) is 5.82 Å². The summed E-state index contributed by atoms with van der Waals surface area (Å²) in [6.07, 6.45) is -0.132. The molecule has 1 aliphatic heterocycles. The minimum Gasteiger partial charge on any atom is -0.480 e. The Kier molecular flexibility index (Phi) is 5.82. The number of hydrogen-bond acceptors (Lipinski definition) is 6. The van der Waals surface area contributed by atoms with E-state index in [2.05, 4.69) is 25.3 Å². The summed E-state index contributed by atoms with van der Waals surface area (Å²) in [5, 5.41) is 3.85. The molecule has 1 aliphatic rings. The highest BCUT2D eigenvalue weighted by Crippen LogP contribution is 2.26. The minimum absolute atomic E-state index is 0.132. The van der Waals surface area contributed by atoms with Gasteiger partial charge in [-0.2, -0.15) is 0 Å². The van der Waals surface area contributed by atoms with Crippen molar-refractivity contribution >= 4 is 22.7 Å². The highest BCUT2D eigenvalue weighted by Gasteiger charge is 2.19. The van der Waals surface area contributed by atoms with Crippen LogP contribution in [0.3, 0.4) is 0 Å². The molecule has 1 atom stereocenters. The number of ether oxygens (including phenoxy) is 3. The highest BCUT2D eigenvalue weighted by atomic mass is 16.6. The number of benzene rings is 1. The maximum Gasteiger partial charge on any atom is 0.287 e. The lowest BCUT2D eigenvalue weighted by Crippen LogP contribution is -2.40. The van der Waals surface area contributed by atoms with Crippen molar-refractivity contribution in [3.05, 3.63) is 41.5 Å². The number of nitrogens with zero attached hydrogens (tertiary/aromatic N) is 2. The third kappa shape index (κ3) is 4.07. The Labute approximate surface area is 173 Å². The van der Waals surface area contributed by atoms with Crippen LogP contribution in [-0.4, -0.2) is 73.4 Å². The molecule has 3 heterocycles. The second-order valence-corrected chi connectivity index (χ2v) is 7.05. The van der Waals surface area contributed by atoms with Crippen molar-refractivity contribution in [1.29, 1.82) is 0 Å². The third-order valence-corrected chi connectivity index (χ3v) is 5.00. The molecule has 3 aromatic rings. The summed E-state index contributed by atoms with van der Waals surface area (Å²) in [7, 11) is 3.27. The van der Waals surface area contributed by atoms with Crippen LogP contribution in [0.5, 0.6) is 0 Å². The molecule has 1 amide bonds. The van der Waals surface area contributed by atoms with Gasteiger partial charge in [-0.15, -0.1) is 0 Å². The summed E-state index contributed by atoms with van der Waals surface area (Å²) in [6.45, 7) is 3.90.